The molecule has 0 saturated carbocycles. The Hall–Kier alpha value is -2.51. The van der Waals surface area contributed by atoms with Crippen LogP contribution >= 0.6 is 27.5 Å². The third-order valence-corrected chi connectivity index (χ3v) is 4.95. The number of benzene rings is 2. The predicted octanol–water partition coefficient (Wildman–Crippen LogP) is 4.24. The average Bonchev–Trinajstić information content (AvgIpc) is 3.01. The third kappa shape index (κ3) is 3.94. The summed E-state index contributed by atoms with van der Waals surface area (Å²) in [4.78, 5) is 28.0. The maximum atomic E-state index is 12.8. The van der Waals surface area contributed by atoms with Gasteiger partial charge in [-0.25, -0.2) is 4.79 Å². The first-order valence-corrected chi connectivity index (χ1v) is 9.11. The molecule has 0 aliphatic carbocycles. The van der Waals surface area contributed by atoms with Crippen molar-refractivity contribution >= 4 is 50.3 Å². The standard InChI is InChI=1S/C19H16BrClN2O4/c1-26-12-5-3-4-10(8-12)16(19(25)27-2)23-18(24)17-15(21)13-9-11(20)6-7-14(13)22-17/h3-9,16,22H,1-2H3,(H,23,24). The Morgan fingerprint density at radius 2 is 1.96 bits per heavy atom. The highest BCUT2D eigenvalue weighted by Gasteiger charge is 2.26. The summed E-state index contributed by atoms with van der Waals surface area (Å²) >= 11 is 9.75. The topological polar surface area (TPSA) is 80.4 Å². The van der Waals surface area contributed by atoms with E-state index in [2.05, 4.69) is 26.2 Å². The summed E-state index contributed by atoms with van der Waals surface area (Å²) in [5.41, 5.74) is 1.41. The van der Waals surface area contributed by atoms with Crippen LogP contribution in [0.15, 0.2) is 46.9 Å². The molecule has 0 radical (unpaired) electrons. The summed E-state index contributed by atoms with van der Waals surface area (Å²) in [5.74, 6) is -0.568. The summed E-state index contributed by atoms with van der Waals surface area (Å²) in [6.45, 7) is 0. The Morgan fingerprint density at radius 3 is 2.67 bits per heavy atom. The minimum atomic E-state index is -1.01. The van der Waals surface area contributed by atoms with E-state index >= 15 is 0 Å². The molecule has 0 aliphatic rings. The molecule has 3 rings (SSSR count). The van der Waals surface area contributed by atoms with Crippen LogP contribution in [0.4, 0.5) is 0 Å². The van der Waals surface area contributed by atoms with Gasteiger partial charge in [0.05, 0.1) is 19.2 Å². The molecule has 27 heavy (non-hydrogen) atoms. The number of amides is 1. The number of hydrogen-bond donors (Lipinski definition) is 2. The van der Waals surface area contributed by atoms with Crippen LogP contribution in [-0.4, -0.2) is 31.1 Å². The Bertz CT molecular complexity index is 1020. The molecule has 0 fully saturated rings. The zero-order valence-corrected chi connectivity index (χ0v) is 16.8. The van der Waals surface area contributed by atoms with Crippen LogP contribution in [0.1, 0.15) is 22.1 Å². The SMILES string of the molecule is COC(=O)C(NC(=O)c1[nH]c2ccc(Br)cc2c1Cl)c1cccc(OC)c1. The number of aromatic amines is 1. The first-order chi connectivity index (χ1) is 12.9. The van der Waals surface area contributed by atoms with Crippen LogP contribution in [0, 0.1) is 0 Å². The molecule has 8 heteroatoms. The number of esters is 1. The zero-order valence-electron chi connectivity index (χ0n) is 14.5. The lowest BCUT2D eigenvalue weighted by Crippen LogP contribution is -2.34. The van der Waals surface area contributed by atoms with Crippen molar-refractivity contribution in [1.82, 2.24) is 10.3 Å². The second kappa shape index (κ2) is 8.02. The van der Waals surface area contributed by atoms with Crippen LogP contribution in [0.25, 0.3) is 10.9 Å². The van der Waals surface area contributed by atoms with Gasteiger partial charge in [-0.1, -0.05) is 39.7 Å². The number of carbonyl (C=O) groups excluding carboxylic acids is 2. The summed E-state index contributed by atoms with van der Waals surface area (Å²) in [5, 5.41) is 3.65. The lowest BCUT2D eigenvalue weighted by molar-refractivity contribution is -0.143. The van der Waals surface area contributed by atoms with E-state index in [1.54, 1.807) is 24.3 Å². The van der Waals surface area contributed by atoms with Crippen molar-refractivity contribution in [1.29, 1.82) is 0 Å². The quantitative estimate of drug-likeness (QED) is 0.569. The van der Waals surface area contributed by atoms with E-state index in [9.17, 15) is 9.59 Å². The van der Waals surface area contributed by atoms with Crippen molar-refractivity contribution in [3.8, 4) is 5.75 Å². The number of hydrogen-bond acceptors (Lipinski definition) is 4. The molecule has 2 N–H and O–H groups in total. The number of aromatic nitrogens is 1. The number of ether oxygens (including phenoxy) is 2. The molecule has 1 unspecified atom stereocenters. The minimum absolute atomic E-state index is 0.168. The largest absolute Gasteiger partial charge is 0.497 e. The maximum absolute atomic E-state index is 12.8. The van der Waals surface area contributed by atoms with E-state index in [0.29, 0.717) is 22.2 Å². The van der Waals surface area contributed by atoms with Gasteiger partial charge in [0, 0.05) is 15.4 Å². The Labute approximate surface area is 168 Å². The minimum Gasteiger partial charge on any atom is -0.497 e. The second-order valence-electron chi connectivity index (χ2n) is 5.71. The summed E-state index contributed by atoms with van der Waals surface area (Å²) in [6.07, 6.45) is 0. The Morgan fingerprint density at radius 1 is 1.19 bits per heavy atom. The molecule has 0 saturated heterocycles. The first kappa shape index (κ1) is 19.3. The van der Waals surface area contributed by atoms with E-state index in [-0.39, 0.29) is 10.7 Å². The molecular formula is C19H16BrClN2O4. The van der Waals surface area contributed by atoms with Gasteiger partial charge in [-0.3, -0.25) is 4.79 Å². The lowest BCUT2D eigenvalue weighted by Gasteiger charge is -2.17. The van der Waals surface area contributed by atoms with Gasteiger partial charge in [0.1, 0.15) is 11.4 Å². The van der Waals surface area contributed by atoms with Gasteiger partial charge in [-0.2, -0.15) is 0 Å². The smallest absolute Gasteiger partial charge is 0.333 e. The van der Waals surface area contributed by atoms with E-state index < -0.39 is 17.9 Å². The highest BCUT2D eigenvalue weighted by Crippen LogP contribution is 2.30. The molecule has 140 valence electrons. The van der Waals surface area contributed by atoms with Gasteiger partial charge in [0.2, 0.25) is 0 Å². The highest BCUT2D eigenvalue weighted by molar-refractivity contribution is 9.10. The molecule has 1 heterocycles. The van der Waals surface area contributed by atoms with Crippen molar-refractivity contribution in [2.24, 2.45) is 0 Å². The van der Waals surface area contributed by atoms with Crippen molar-refractivity contribution in [2.75, 3.05) is 14.2 Å². The summed E-state index contributed by atoms with van der Waals surface area (Å²) in [6, 6.07) is 11.3. The molecule has 1 amide bonds. The number of fused-ring (bicyclic) bond motifs is 1. The fraction of sp³-hybridized carbons (Fsp3) is 0.158. The first-order valence-electron chi connectivity index (χ1n) is 7.94. The molecule has 2 aromatic carbocycles. The molecule has 1 atom stereocenters. The fourth-order valence-corrected chi connectivity index (χ4v) is 3.36. The summed E-state index contributed by atoms with van der Waals surface area (Å²) < 4.78 is 10.9. The van der Waals surface area contributed by atoms with Crippen LogP contribution < -0.4 is 10.1 Å². The zero-order chi connectivity index (χ0) is 19.6. The van der Waals surface area contributed by atoms with Gasteiger partial charge in [0.25, 0.3) is 5.91 Å². The van der Waals surface area contributed by atoms with Crippen molar-refractivity contribution < 1.29 is 19.1 Å². The van der Waals surface area contributed by atoms with Gasteiger partial charge in [0.15, 0.2) is 6.04 Å². The molecule has 0 bridgehead atoms. The fourth-order valence-electron chi connectivity index (χ4n) is 2.71. The lowest BCUT2D eigenvalue weighted by atomic mass is 10.1. The monoisotopic (exact) mass is 450 g/mol. The van der Waals surface area contributed by atoms with E-state index in [1.807, 2.05) is 18.2 Å². The van der Waals surface area contributed by atoms with Gasteiger partial charge >= 0.3 is 5.97 Å². The van der Waals surface area contributed by atoms with Crippen molar-refractivity contribution in [3.05, 3.63) is 63.2 Å². The van der Waals surface area contributed by atoms with Crippen LogP contribution in [-0.2, 0) is 9.53 Å². The van der Waals surface area contributed by atoms with Gasteiger partial charge < -0.3 is 19.8 Å². The molecule has 3 aromatic rings. The number of H-pyrrole nitrogens is 1. The highest BCUT2D eigenvalue weighted by atomic mass is 79.9. The average molecular weight is 452 g/mol. The van der Waals surface area contributed by atoms with Crippen molar-refractivity contribution in [3.63, 3.8) is 0 Å². The Kier molecular flexibility index (Phi) is 5.72. The Balaban J connectivity index is 1.95. The van der Waals surface area contributed by atoms with Crippen LogP contribution in [0.3, 0.4) is 0 Å². The van der Waals surface area contributed by atoms with Crippen molar-refractivity contribution in [2.45, 2.75) is 6.04 Å². The van der Waals surface area contributed by atoms with E-state index in [1.165, 1.54) is 14.2 Å². The molecule has 6 nitrogen and oxygen atoms in total. The van der Waals surface area contributed by atoms with Gasteiger partial charge in [-0.05, 0) is 35.9 Å². The number of halogens is 2. The van der Waals surface area contributed by atoms with E-state index in [0.717, 1.165) is 4.47 Å². The molecular weight excluding hydrogens is 436 g/mol. The summed E-state index contributed by atoms with van der Waals surface area (Å²) in [7, 11) is 2.78. The third-order valence-electron chi connectivity index (χ3n) is 4.06. The van der Waals surface area contributed by atoms with Crippen LogP contribution in [0.2, 0.25) is 5.02 Å². The predicted molar refractivity (Wildman–Crippen MR) is 106 cm³/mol. The van der Waals surface area contributed by atoms with Gasteiger partial charge in [-0.15, -0.1) is 0 Å². The molecule has 1 aromatic heterocycles. The molecule has 0 spiro atoms. The molecule has 0 aliphatic heterocycles. The number of nitrogens with one attached hydrogen (secondary N) is 2. The van der Waals surface area contributed by atoms with Crippen LogP contribution in [0.5, 0.6) is 5.75 Å². The number of carbonyl (C=O) groups is 2. The number of rotatable bonds is 5. The maximum Gasteiger partial charge on any atom is 0.333 e. The normalized spacial score (nSPS) is 11.9. The second-order valence-corrected chi connectivity index (χ2v) is 7.00. The van der Waals surface area contributed by atoms with E-state index in [4.69, 9.17) is 21.1 Å². The number of methoxy groups -OCH3 is 2.